The van der Waals surface area contributed by atoms with Crippen LogP contribution in [0, 0.1) is 17.0 Å². The van der Waals surface area contributed by atoms with Gasteiger partial charge in [-0.3, -0.25) is 10.1 Å². The molecular weight excluding hydrogens is 213 g/mol. The Kier molecular flexibility index (Phi) is 3.12. The molecule has 13 heavy (non-hydrogen) atoms. The summed E-state index contributed by atoms with van der Waals surface area (Å²) in [5.41, 5.74) is 1.15. The van der Waals surface area contributed by atoms with Crippen molar-refractivity contribution < 1.29 is 4.92 Å². The van der Waals surface area contributed by atoms with Crippen LogP contribution in [0.5, 0.6) is 0 Å². The second-order valence-corrected chi connectivity index (χ2v) is 3.23. The molecule has 0 fully saturated rings. The van der Waals surface area contributed by atoms with E-state index in [4.69, 9.17) is 23.2 Å². The fourth-order valence-corrected chi connectivity index (χ4v) is 1.59. The lowest BCUT2D eigenvalue weighted by Gasteiger charge is -2.03. The van der Waals surface area contributed by atoms with E-state index in [0.717, 1.165) is 5.56 Å². The van der Waals surface area contributed by atoms with E-state index < -0.39 is 4.92 Å². The summed E-state index contributed by atoms with van der Waals surface area (Å²) >= 11 is 11.4. The molecule has 1 aromatic carbocycles. The van der Waals surface area contributed by atoms with Gasteiger partial charge in [-0.1, -0.05) is 17.7 Å². The van der Waals surface area contributed by atoms with E-state index in [-0.39, 0.29) is 11.6 Å². The zero-order valence-corrected chi connectivity index (χ0v) is 8.39. The third kappa shape index (κ3) is 1.92. The first-order valence-corrected chi connectivity index (χ1v) is 4.47. The van der Waals surface area contributed by atoms with Gasteiger partial charge in [0.05, 0.1) is 21.4 Å². The maximum atomic E-state index is 10.5. The van der Waals surface area contributed by atoms with Crippen molar-refractivity contribution in [2.24, 2.45) is 0 Å². The van der Waals surface area contributed by atoms with Crippen LogP contribution in [0.25, 0.3) is 0 Å². The Morgan fingerprint density at radius 2 is 2.15 bits per heavy atom. The zero-order valence-electron chi connectivity index (χ0n) is 6.88. The summed E-state index contributed by atoms with van der Waals surface area (Å²) in [6.07, 6.45) is 0. The molecule has 1 aromatic rings. The van der Waals surface area contributed by atoms with Crippen LogP contribution in [-0.2, 0) is 5.88 Å². The molecular formula is C8H7Cl2NO2. The zero-order chi connectivity index (χ0) is 10.0. The number of alkyl halides is 1. The van der Waals surface area contributed by atoms with Crippen molar-refractivity contribution in [1.29, 1.82) is 0 Å². The van der Waals surface area contributed by atoms with Crippen LogP contribution in [0.3, 0.4) is 0 Å². The average Bonchev–Trinajstić information content (AvgIpc) is 2.09. The minimum absolute atomic E-state index is 0.0226. The Morgan fingerprint density at radius 1 is 1.54 bits per heavy atom. The van der Waals surface area contributed by atoms with E-state index in [1.54, 1.807) is 13.0 Å². The predicted octanol–water partition coefficient (Wildman–Crippen LogP) is 3.30. The number of nitrogens with zero attached hydrogens (tertiary/aromatic N) is 1. The van der Waals surface area contributed by atoms with Gasteiger partial charge in [-0.15, -0.1) is 11.6 Å². The molecule has 0 aliphatic carbocycles. The molecule has 0 unspecified atom stereocenters. The first-order valence-electron chi connectivity index (χ1n) is 3.56. The van der Waals surface area contributed by atoms with Gasteiger partial charge in [0.2, 0.25) is 0 Å². The van der Waals surface area contributed by atoms with Crippen LogP contribution in [0.15, 0.2) is 12.1 Å². The van der Waals surface area contributed by atoms with Crippen LogP contribution < -0.4 is 0 Å². The van der Waals surface area contributed by atoms with Gasteiger partial charge >= 0.3 is 0 Å². The summed E-state index contributed by atoms with van der Waals surface area (Å²) in [5, 5.41) is 10.9. The van der Waals surface area contributed by atoms with Gasteiger partial charge in [0.25, 0.3) is 5.69 Å². The van der Waals surface area contributed by atoms with E-state index in [2.05, 4.69) is 0 Å². The molecule has 1 rings (SSSR count). The van der Waals surface area contributed by atoms with Gasteiger partial charge in [-0.2, -0.15) is 0 Å². The summed E-state index contributed by atoms with van der Waals surface area (Å²) in [6.45, 7) is 1.78. The highest BCUT2D eigenvalue weighted by atomic mass is 35.5. The molecule has 0 aromatic heterocycles. The maximum Gasteiger partial charge on any atom is 0.275 e. The van der Waals surface area contributed by atoms with Gasteiger partial charge in [-0.05, 0) is 12.5 Å². The quantitative estimate of drug-likeness (QED) is 0.436. The van der Waals surface area contributed by atoms with Crippen LogP contribution >= 0.6 is 23.2 Å². The van der Waals surface area contributed by atoms with Crippen molar-refractivity contribution >= 4 is 28.9 Å². The van der Waals surface area contributed by atoms with Crippen LogP contribution in [0.2, 0.25) is 5.02 Å². The molecule has 0 aliphatic rings. The maximum absolute atomic E-state index is 10.5. The third-order valence-electron chi connectivity index (χ3n) is 1.74. The molecule has 0 radical (unpaired) electrons. The van der Waals surface area contributed by atoms with Crippen molar-refractivity contribution in [2.75, 3.05) is 0 Å². The highest BCUT2D eigenvalue weighted by Gasteiger charge is 2.16. The first-order chi connectivity index (χ1) is 6.07. The minimum atomic E-state index is -0.483. The molecule has 0 saturated heterocycles. The van der Waals surface area contributed by atoms with E-state index in [1.807, 2.05) is 0 Å². The van der Waals surface area contributed by atoms with Gasteiger partial charge in [0.15, 0.2) is 0 Å². The van der Waals surface area contributed by atoms with E-state index in [0.29, 0.717) is 10.6 Å². The number of nitro benzene ring substituents is 1. The van der Waals surface area contributed by atoms with Crippen molar-refractivity contribution in [2.45, 2.75) is 12.8 Å². The number of rotatable bonds is 2. The smallest absolute Gasteiger partial charge is 0.258 e. The summed E-state index contributed by atoms with van der Waals surface area (Å²) in [6, 6.07) is 3.02. The average molecular weight is 220 g/mol. The fourth-order valence-electron chi connectivity index (χ4n) is 1.03. The summed E-state index contributed by atoms with van der Waals surface area (Å²) in [4.78, 5) is 10.0. The standard InChI is InChI=1S/C8H7Cl2NO2/c1-5-2-3-7(11(12)13)6(4-9)8(5)10/h2-3H,4H2,1H3. The Hall–Kier alpha value is -0.800. The second kappa shape index (κ2) is 3.94. The Balaban J connectivity index is 3.38. The van der Waals surface area contributed by atoms with E-state index >= 15 is 0 Å². The molecule has 0 N–H and O–H groups in total. The molecule has 0 atom stereocenters. The largest absolute Gasteiger partial charge is 0.275 e. The second-order valence-electron chi connectivity index (χ2n) is 2.58. The molecule has 0 aliphatic heterocycles. The lowest BCUT2D eigenvalue weighted by Crippen LogP contribution is -1.95. The molecule has 0 spiro atoms. The lowest BCUT2D eigenvalue weighted by molar-refractivity contribution is -0.385. The van der Waals surface area contributed by atoms with Gasteiger partial charge in [0.1, 0.15) is 0 Å². The van der Waals surface area contributed by atoms with Crippen molar-refractivity contribution in [3.05, 3.63) is 38.4 Å². The van der Waals surface area contributed by atoms with Gasteiger partial charge in [0, 0.05) is 6.07 Å². The monoisotopic (exact) mass is 219 g/mol. The molecule has 0 amide bonds. The van der Waals surface area contributed by atoms with E-state index in [1.165, 1.54) is 6.07 Å². The third-order valence-corrected chi connectivity index (χ3v) is 2.54. The highest BCUT2D eigenvalue weighted by Crippen LogP contribution is 2.30. The van der Waals surface area contributed by atoms with E-state index in [9.17, 15) is 10.1 Å². The summed E-state index contributed by atoms with van der Waals surface area (Å²) < 4.78 is 0. The summed E-state index contributed by atoms with van der Waals surface area (Å²) in [5.74, 6) is 0.0524. The Labute approximate surface area is 85.4 Å². The molecule has 0 saturated carbocycles. The van der Waals surface area contributed by atoms with Crippen LogP contribution in [0.1, 0.15) is 11.1 Å². The van der Waals surface area contributed by atoms with Gasteiger partial charge in [-0.25, -0.2) is 0 Å². The lowest BCUT2D eigenvalue weighted by atomic mass is 10.1. The SMILES string of the molecule is Cc1ccc([N+](=O)[O-])c(CCl)c1Cl. The number of hydrogen-bond acceptors (Lipinski definition) is 2. The molecule has 3 nitrogen and oxygen atoms in total. The normalized spacial score (nSPS) is 10.1. The summed E-state index contributed by atoms with van der Waals surface area (Å²) in [7, 11) is 0. The van der Waals surface area contributed by atoms with Crippen molar-refractivity contribution in [3.8, 4) is 0 Å². The molecule has 5 heteroatoms. The van der Waals surface area contributed by atoms with Crippen molar-refractivity contribution in [1.82, 2.24) is 0 Å². The fraction of sp³-hybridized carbons (Fsp3) is 0.250. The minimum Gasteiger partial charge on any atom is -0.258 e. The van der Waals surface area contributed by atoms with Crippen LogP contribution in [-0.4, -0.2) is 4.92 Å². The number of hydrogen-bond donors (Lipinski definition) is 0. The molecule has 0 bridgehead atoms. The highest BCUT2D eigenvalue weighted by molar-refractivity contribution is 6.33. The Morgan fingerprint density at radius 3 is 2.62 bits per heavy atom. The number of aryl methyl sites for hydroxylation is 1. The number of benzene rings is 1. The number of halogens is 2. The van der Waals surface area contributed by atoms with Crippen molar-refractivity contribution in [3.63, 3.8) is 0 Å². The number of nitro groups is 1. The van der Waals surface area contributed by atoms with Crippen LogP contribution in [0.4, 0.5) is 5.69 Å². The van der Waals surface area contributed by atoms with Gasteiger partial charge < -0.3 is 0 Å². The Bertz CT molecular complexity index is 352. The predicted molar refractivity (Wildman–Crippen MR) is 52.4 cm³/mol. The first kappa shape index (κ1) is 10.3. The topological polar surface area (TPSA) is 43.1 Å². The molecule has 70 valence electrons. The molecule has 0 heterocycles.